The van der Waals surface area contributed by atoms with Crippen LogP contribution in [0, 0.1) is 11.8 Å². The number of halogens is 2. The molecule has 7 heteroatoms. The van der Waals surface area contributed by atoms with Gasteiger partial charge in [0.25, 0.3) is 0 Å². The van der Waals surface area contributed by atoms with Gasteiger partial charge in [-0.15, -0.1) is 0 Å². The molecule has 1 fully saturated rings. The van der Waals surface area contributed by atoms with Crippen LogP contribution >= 0.6 is 0 Å². The van der Waals surface area contributed by atoms with Crippen LogP contribution in [-0.4, -0.2) is 48.5 Å². The van der Waals surface area contributed by atoms with Crippen LogP contribution < -0.4 is 4.74 Å². The first-order valence-electron chi connectivity index (χ1n) is 8.39. The highest BCUT2D eigenvalue weighted by molar-refractivity contribution is 5.86. The summed E-state index contributed by atoms with van der Waals surface area (Å²) in [6.45, 7) is -0.359. The maximum Gasteiger partial charge on any atom is 0.308 e. The van der Waals surface area contributed by atoms with Crippen molar-refractivity contribution in [2.24, 2.45) is 11.8 Å². The number of carbonyl (C=O) groups is 2. The van der Waals surface area contributed by atoms with E-state index < -0.39 is 30.1 Å². The van der Waals surface area contributed by atoms with Crippen molar-refractivity contribution in [1.29, 1.82) is 0 Å². The Kier molecular flexibility index (Phi) is 4.92. The van der Waals surface area contributed by atoms with Crippen LogP contribution in [0.15, 0.2) is 18.2 Å². The third-order valence-electron chi connectivity index (χ3n) is 5.28. The number of methoxy groups -OCH3 is 1. The fraction of sp³-hybridized carbons (Fsp3) is 0.556. The lowest BCUT2D eigenvalue weighted by atomic mass is 9.82. The molecular formula is C18H21F2NO4. The molecule has 1 aromatic carbocycles. The molecule has 3 atom stereocenters. The molecule has 1 N–H and O–H groups in total. The molecule has 1 amide bonds. The van der Waals surface area contributed by atoms with Gasteiger partial charge in [0.1, 0.15) is 5.75 Å². The van der Waals surface area contributed by atoms with Gasteiger partial charge in [0.2, 0.25) is 12.3 Å². The second-order valence-electron chi connectivity index (χ2n) is 6.70. The van der Waals surface area contributed by atoms with E-state index in [-0.39, 0.29) is 19.0 Å². The second kappa shape index (κ2) is 6.98. The molecule has 0 bridgehead atoms. The van der Waals surface area contributed by atoms with Crippen LogP contribution in [0.1, 0.15) is 29.9 Å². The topological polar surface area (TPSA) is 66.8 Å². The van der Waals surface area contributed by atoms with E-state index in [1.807, 2.05) is 18.2 Å². The summed E-state index contributed by atoms with van der Waals surface area (Å²) >= 11 is 0. The van der Waals surface area contributed by atoms with Crippen molar-refractivity contribution in [3.63, 3.8) is 0 Å². The zero-order valence-electron chi connectivity index (χ0n) is 14.0. The quantitative estimate of drug-likeness (QED) is 0.903. The van der Waals surface area contributed by atoms with Crippen LogP contribution in [0.3, 0.4) is 0 Å². The normalized spacial score (nSPS) is 25.8. The predicted octanol–water partition coefficient (Wildman–Crippen LogP) is 2.54. The van der Waals surface area contributed by atoms with Crippen molar-refractivity contribution < 1.29 is 28.2 Å². The SMILES string of the molecule is COc1ccc2c(c1)C(C(=O)N1C[C@@H](C(=O)O)[C@H](C(F)F)C1)CCC2. The summed E-state index contributed by atoms with van der Waals surface area (Å²) < 4.78 is 31.5. The number of rotatable bonds is 4. The minimum Gasteiger partial charge on any atom is -0.497 e. The molecule has 0 spiro atoms. The van der Waals surface area contributed by atoms with Crippen molar-refractivity contribution in [2.45, 2.75) is 31.6 Å². The highest BCUT2D eigenvalue weighted by atomic mass is 19.3. The van der Waals surface area contributed by atoms with E-state index in [4.69, 9.17) is 4.74 Å². The summed E-state index contributed by atoms with van der Waals surface area (Å²) in [5.41, 5.74) is 1.92. The van der Waals surface area contributed by atoms with Crippen LogP contribution in [0.4, 0.5) is 8.78 Å². The Morgan fingerprint density at radius 3 is 2.68 bits per heavy atom. The van der Waals surface area contributed by atoms with Crippen LogP contribution in [0.25, 0.3) is 0 Å². The van der Waals surface area contributed by atoms with Gasteiger partial charge in [-0.05, 0) is 42.5 Å². The van der Waals surface area contributed by atoms with E-state index in [1.54, 1.807) is 7.11 Å². The number of benzene rings is 1. The molecule has 1 saturated heterocycles. The van der Waals surface area contributed by atoms with Crippen molar-refractivity contribution in [3.05, 3.63) is 29.3 Å². The lowest BCUT2D eigenvalue weighted by Gasteiger charge is -2.29. The molecule has 3 rings (SSSR count). The number of alkyl halides is 2. The molecule has 0 radical (unpaired) electrons. The smallest absolute Gasteiger partial charge is 0.308 e. The van der Waals surface area contributed by atoms with Crippen molar-refractivity contribution >= 4 is 11.9 Å². The van der Waals surface area contributed by atoms with E-state index in [9.17, 15) is 23.5 Å². The zero-order valence-corrected chi connectivity index (χ0v) is 14.0. The first-order valence-corrected chi connectivity index (χ1v) is 8.39. The molecule has 5 nitrogen and oxygen atoms in total. The van der Waals surface area contributed by atoms with Gasteiger partial charge < -0.3 is 14.7 Å². The number of ether oxygens (including phenoxy) is 1. The summed E-state index contributed by atoms with van der Waals surface area (Å²) in [6.07, 6.45) is -0.422. The van der Waals surface area contributed by atoms with Gasteiger partial charge in [0.15, 0.2) is 0 Å². The van der Waals surface area contributed by atoms with Crippen LogP contribution in [0.2, 0.25) is 0 Å². The fourth-order valence-corrected chi connectivity index (χ4v) is 3.91. The van der Waals surface area contributed by atoms with Crippen molar-refractivity contribution in [1.82, 2.24) is 4.90 Å². The molecule has 1 aliphatic heterocycles. The number of aliphatic carboxylic acids is 1. The Bertz CT molecular complexity index is 679. The Morgan fingerprint density at radius 1 is 1.32 bits per heavy atom. The average molecular weight is 353 g/mol. The van der Waals surface area contributed by atoms with E-state index >= 15 is 0 Å². The maximum absolute atomic E-state index is 13.1. The van der Waals surface area contributed by atoms with E-state index in [2.05, 4.69) is 0 Å². The minimum atomic E-state index is -2.75. The maximum atomic E-state index is 13.1. The monoisotopic (exact) mass is 353 g/mol. The molecule has 1 aromatic rings. The lowest BCUT2D eigenvalue weighted by molar-refractivity contribution is -0.144. The summed E-state index contributed by atoms with van der Waals surface area (Å²) in [7, 11) is 1.55. The Hall–Kier alpha value is -2.18. The number of carbonyl (C=O) groups excluding carboxylic acids is 1. The number of nitrogens with zero attached hydrogens (tertiary/aromatic N) is 1. The Morgan fingerprint density at radius 2 is 2.08 bits per heavy atom. The lowest BCUT2D eigenvalue weighted by Crippen LogP contribution is -2.35. The number of amides is 1. The first kappa shape index (κ1) is 17.6. The molecule has 25 heavy (non-hydrogen) atoms. The Balaban J connectivity index is 1.84. The standard InChI is InChI=1S/C18H21F2NO4/c1-25-11-6-5-10-3-2-4-12(13(10)7-11)17(22)21-8-14(16(19)20)15(9-21)18(23)24/h5-7,12,14-16H,2-4,8-9H2,1H3,(H,23,24)/t12?,14-,15-/m1/s1. The summed E-state index contributed by atoms with van der Waals surface area (Å²) in [4.78, 5) is 25.5. The van der Waals surface area contributed by atoms with E-state index in [1.165, 1.54) is 4.90 Å². The highest BCUT2D eigenvalue weighted by Gasteiger charge is 2.45. The minimum absolute atomic E-state index is 0.154. The molecule has 0 saturated carbocycles. The van der Waals surface area contributed by atoms with Crippen LogP contribution in [0.5, 0.6) is 5.75 Å². The first-order chi connectivity index (χ1) is 11.9. The van der Waals surface area contributed by atoms with Gasteiger partial charge in [-0.25, -0.2) is 8.78 Å². The number of hydrogen-bond acceptors (Lipinski definition) is 3. The largest absolute Gasteiger partial charge is 0.497 e. The van der Waals surface area contributed by atoms with Gasteiger partial charge in [0.05, 0.1) is 24.9 Å². The number of carboxylic acid groups (broad SMARTS) is 1. The van der Waals surface area contributed by atoms with Crippen molar-refractivity contribution in [3.8, 4) is 5.75 Å². The molecule has 2 aliphatic rings. The van der Waals surface area contributed by atoms with Gasteiger partial charge >= 0.3 is 5.97 Å². The second-order valence-corrected chi connectivity index (χ2v) is 6.70. The summed E-state index contributed by atoms with van der Waals surface area (Å²) in [5, 5.41) is 9.18. The number of hydrogen-bond donors (Lipinski definition) is 1. The predicted molar refractivity (Wildman–Crippen MR) is 85.9 cm³/mol. The van der Waals surface area contributed by atoms with Gasteiger partial charge in [-0.2, -0.15) is 0 Å². The van der Waals surface area contributed by atoms with Crippen molar-refractivity contribution in [2.75, 3.05) is 20.2 Å². The molecule has 1 unspecified atom stereocenters. The molecule has 1 aliphatic carbocycles. The molecule has 0 aromatic heterocycles. The van der Waals surface area contributed by atoms with Crippen LogP contribution in [-0.2, 0) is 16.0 Å². The number of fused-ring (bicyclic) bond motifs is 1. The highest BCUT2D eigenvalue weighted by Crippen LogP contribution is 2.38. The zero-order chi connectivity index (χ0) is 18.1. The average Bonchev–Trinajstić information content (AvgIpc) is 3.06. The summed E-state index contributed by atoms with van der Waals surface area (Å²) in [6, 6.07) is 5.60. The molecule has 1 heterocycles. The van der Waals surface area contributed by atoms with E-state index in [0.29, 0.717) is 12.2 Å². The molecular weight excluding hydrogens is 332 g/mol. The van der Waals surface area contributed by atoms with Gasteiger partial charge in [0, 0.05) is 13.1 Å². The van der Waals surface area contributed by atoms with Gasteiger partial charge in [-0.1, -0.05) is 6.07 Å². The number of carboxylic acids is 1. The number of likely N-dealkylation sites (tertiary alicyclic amines) is 1. The summed E-state index contributed by atoms with van der Waals surface area (Å²) in [5.74, 6) is -3.83. The number of aryl methyl sites for hydroxylation is 1. The Labute approximate surface area is 144 Å². The third kappa shape index (κ3) is 3.32. The fourth-order valence-electron chi connectivity index (χ4n) is 3.91. The third-order valence-corrected chi connectivity index (χ3v) is 5.28. The van der Waals surface area contributed by atoms with E-state index in [0.717, 1.165) is 24.0 Å². The van der Waals surface area contributed by atoms with Gasteiger partial charge in [-0.3, -0.25) is 9.59 Å². The molecule has 136 valence electrons.